The molecule has 4 aromatic rings. The fourth-order valence-electron chi connectivity index (χ4n) is 3.83. The van der Waals surface area contributed by atoms with Crippen LogP contribution in [0.4, 0.5) is 0 Å². The predicted octanol–water partition coefficient (Wildman–Crippen LogP) is 5.20. The Bertz CT molecular complexity index is 1140. The van der Waals surface area contributed by atoms with Crippen LogP contribution >= 0.6 is 0 Å². The summed E-state index contributed by atoms with van der Waals surface area (Å²) in [6, 6.07) is 20.8. The van der Waals surface area contributed by atoms with Gasteiger partial charge in [-0.15, -0.1) is 0 Å². The van der Waals surface area contributed by atoms with Gasteiger partial charge in [0.2, 0.25) is 0 Å². The van der Waals surface area contributed by atoms with E-state index in [0.717, 1.165) is 28.4 Å². The van der Waals surface area contributed by atoms with Gasteiger partial charge in [0.05, 0.1) is 26.1 Å². The molecule has 5 heteroatoms. The van der Waals surface area contributed by atoms with E-state index in [9.17, 15) is 0 Å². The van der Waals surface area contributed by atoms with Gasteiger partial charge in [-0.25, -0.2) is 4.68 Å². The van der Waals surface area contributed by atoms with Crippen molar-refractivity contribution in [2.24, 2.45) is 0 Å². The van der Waals surface area contributed by atoms with E-state index in [0.29, 0.717) is 6.54 Å². The average molecular weight is 402 g/mol. The Balaban J connectivity index is 1.57. The van der Waals surface area contributed by atoms with Gasteiger partial charge in [-0.1, -0.05) is 36.4 Å². The van der Waals surface area contributed by atoms with Crippen molar-refractivity contribution in [2.45, 2.75) is 26.4 Å². The molecule has 1 unspecified atom stereocenters. The summed E-state index contributed by atoms with van der Waals surface area (Å²) in [6.07, 6.45) is 1.96. The maximum absolute atomic E-state index is 5.37. The second-order valence-electron chi connectivity index (χ2n) is 7.42. The molecule has 0 amide bonds. The molecule has 0 spiro atoms. The van der Waals surface area contributed by atoms with Gasteiger partial charge in [-0.2, -0.15) is 5.10 Å². The van der Waals surface area contributed by atoms with Gasteiger partial charge in [0.15, 0.2) is 0 Å². The SMILES string of the molecule is COc1cc(CNC(C)c2cnn(-c3cccc4ccccc34)c2C)cc(OC)c1. The van der Waals surface area contributed by atoms with Gasteiger partial charge >= 0.3 is 0 Å². The summed E-state index contributed by atoms with van der Waals surface area (Å²) in [4.78, 5) is 0. The lowest BCUT2D eigenvalue weighted by Crippen LogP contribution is -2.18. The Labute approximate surface area is 177 Å². The maximum atomic E-state index is 5.37. The normalized spacial score (nSPS) is 12.1. The zero-order valence-electron chi connectivity index (χ0n) is 17.8. The minimum Gasteiger partial charge on any atom is -0.497 e. The second kappa shape index (κ2) is 8.59. The fraction of sp³-hybridized carbons (Fsp3) is 0.240. The third kappa shape index (κ3) is 3.89. The average Bonchev–Trinajstić information content (AvgIpc) is 3.17. The van der Waals surface area contributed by atoms with Crippen LogP contribution in [0, 0.1) is 6.92 Å². The fourth-order valence-corrected chi connectivity index (χ4v) is 3.83. The number of nitrogens with zero attached hydrogens (tertiary/aromatic N) is 2. The summed E-state index contributed by atoms with van der Waals surface area (Å²) in [5, 5.41) is 10.7. The topological polar surface area (TPSA) is 48.3 Å². The molecule has 0 saturated heterocycles. The largest absolute Gasteiger partial charge is 0.497 e. The predicted molar refractivity (Wildman–Crippen MR) is 121 cm³/mol. The van der Waals surface area contributed by atoms with E-state index in [2.05, 4.69) is 61.6 Å². The van der Waals surface area contributed by atoms with Crippen molar-refractivity contribution in [3.05, 3.63) is 83.7 Å². The first-order valence-corrected chi connectivity index (χ1v) is 10.1. The first kappa shape index (κ1) is 20.0. The molecule has 0 bridgehead atoms. The Hall–Kier alpha value is -3.31. The van der Waals surface area contributed by atoms with Crippen LogP contribution in [0.5, 0.6) is 11.5 Å². The highest BCUT2D eigenvalue weighted by atomic mass is 16.5. The number of ether oxygens (including phenoxy) is 2. The number of hydrogen-bond donors (Lipinski definition) is 1. The van der Waals surface area contributed by atoms with Crippen molar-refractivity contribution in [1.82, 2.24) is 15.1 Å². The molecule has 154 valence electrons. The van der Waals surface area contributed by atoms with Crippen LogP contribution in [0.1, 0.15) is 29.8 Å². The lowest BCUT2D eigenvalue weighted by molar-refractivity contribution is 0.392. The van der Waals surface area contributed by atoms with Crippen LogP contribution in [-0.4, -0.2) is 24.0 Å². The molecule has 1 aromatic heterocycles. The summed E-state index contributed by atoms with van der Waals surface area (Å²) in [5.41, 5.74) is 4.52. The molecule has 1 N–H and O–H groups in total. The van der Waals surface area contributed by atoms with E-state index in [1.54, 1.807) is 14.2 Å². The van der Waals surface area contributed by atoms with Gasteiger partial charge in [-0.3, -0.25) is 0 Å². The first-order valence-electron chi connectivity index (χ1n) is 10.1. The van der Waals surface area contributed by atoms with Crippen LogP contribution in [0.15, 0.2) is 66.9 Å². The number of aromatic nitrogens is 2. The van der Waals surface area contributed by atoms with Crippen molar-refractivity contribution in [3.63, 3.8) is 0 Å². The van der Waals surface area contributed by atoms with E-state index < -0.39 is 0 Å². The zero-order valence-corrected chi connectivity index (χ0v) is 17.8. The smallest absolute Gasteiger partial charge is 0.122 e. The van der Waals surface area contributed by atoms with Crippen molar-refractivity contribution < 1.29 is 9.47 Å². The Kier molecular flexibility index (Phi) is 5.72. The number of hydrogen-bond acceptors (Lipinski definition) is 4. The summed E-state index contributed by atoms with van der Waals surface area (Å²) >= 11 is 0. The van der Waals surface area contributed by atoms with E-state index >= 15 is 0 Å². The summed E-state index contributed by atoms with van der Waals surface area (Å²) in [6.45, 7) is 4.99. The Morgan fingerprint density at radius 2 is 1.67 bits per heavy atom. The van der Waals surface area contributed by atoms with Crippen molar-refractivity contribution >= 4 is 10.8 Å². The third-order valence-corrected chi connectivity index (χ3v) is 5.53. The van der Waals surface area contributed by atoms with Crippen LogP contribution in [0.3, 0.4) is 0 Å². The van der Waals surface area contributed by atoms with Gasteiger partial charge in [-0.05, 0) is 43.0 Å². The molecular formula is C25H27N3O2. The van der Waals surface area contributed by atoms with Crippen LogP contribution in [-0.2, 0) is 6.54 Å². The second-order valence-corrected chi connectivity index (χ2v) is 7.42. The first-order chi connectivity index (χ1) is 14.6. The van der Waals surface area contributed by atoms with Crippen molar-refractivity contribution in [1.29, 1.82) is 0 Å². The highest BCUT2D eigenvalue weighted by Crippen LogP contribution is 2.27. The number of rotatable bonds is 7. The highest BCUT2D eigenvalue weighted by molar-refractivity contribution is 5.90. The number of benzene rings is 3. The molecular weight excluding hydrogens is 374 g/mol. The molecule has 0 radical (unpaired) electrons. The van der Waals surface area contributed by atoms with Crippen molar-refractivity contribution in [2.75, 3.05) is 14.2 Å². The molecule has 3 aromatic carbocycles. The molecule has 0 saturated carbocycles. The highest BCUT2D eigenvalue weighted by Gasteiger charge is 2.15. The van der Waals surface area contributed by atoms with Crippen molar-refractivity contribution in [3.8, 4) is 17.2 Å². The molecule has 0 aliphatic heterocycles. The number of nitrogens with one attached hydrogen (secondary N) is 1. The number of fused-ring (bicyclic) bond motifs is 1. The van der Waals surface area contributed by atoms with Gasteiger partial charge in [0.25, 0.3) is 0 Å². The molecule has 4 rings (SSSR count). The monoisotopic (exact) mass is 401 g/mol. The van der Waals surface area contributed by atoms with Gasteiger partial charge in [0.1, 0.15) is 11.5 Å². The van der Waals surface area contributed by atoms with E-state index in [4.69, 9.17) is 14.6 Å². The minimum atomic E-state index is 0.144. The summed E-state index contributed by atoms with van der Waals surface area (Å²) < 4.78 is 12.8. The number of methoxy groups -OCH3 is 2. The quantitative estimate of drug-likeness (QED) is 0.462. The van der Waals surface area contributed by atoms with Gasteiger partial charge < -0.3 is 14.8 Å². The third-order valence-electron chi connectivity index (χ3n) is 5.53. The molecule has 1 atom stereocenters. The maximum Gasteiger partial charge on any atom is 0.122 e. The van der Waals surface area contributed by atoms with Crippen LogP contribution in [0.2, 0.25) is 0 Å². The molecule has 5 nitrogen and oxygen atoms in total. The molecule has 0 aliphatic rings. The Morgan fingerprint density at radius 3 is 2.40 bits per heavy atom. The molecule has 30 heavy (non-hydrogen) atoms. The van der Waals surface area contributed by atoms with E-state index in [-0.39, 0.29) is 6.04 Å². The minimum absolute atomic E-state index is 0.144. The summed E-state index contributed by atoms with van der Waals surface area (Å²) in [7, 11) is 3.33. The van der Waals surface area contributed by atoms with E-state index in [1.807, 2.05) is 29.1 Å². The standard InChI is InChI=1S/C25H27N3O2/c1-17(26-15-19-12-21(29-3)14-22(13-19)30-4)24-16-27-28(18(24)2)25-11-7-9-20-8-5-6-10-23(20)25/h5-14,16-17,26H,15H2,1-4H3. The lowest BCUT2D eigenvalue weighted by atomic mass is 10.1. The van der Waals surface area contributed by atoms with E-state index in [1.165, 1.54) is 16.3 Å². The zero-order chi connectivity index (χ0) is 21.1. The summed E-state index contributed by atoms with van der Waals surface area (Å²) in [5.74, 6) is 1.58. The van der Waals surface area contributed by atoms with Crippen LogP contribution < -0.4 is 14.8 Å². The molecule has 1 heterocycles. The molecule has 0 fully saturated rings. The Morgan fingerprint density at radius 1 is 0.967 bits per heavy atom. The van der Waals surface area contributed by atoms with Gasteiger partial charge in [0, 0.05) is 35.3 Å². The van der Waals surface area contributed by atoms with Crippen LogP contribution in [0.25, 0.3) is 16.5 Å². The lowest BCUT2D eigenvalue weighted by Gasteiger charge is -2.16. The molecule has 0 aliphatic carbocycles.